The Kier molecular flexibility index (Phi) is 4.11. The molecule has 1 aromatic carbocycles. The zero-order valence-electron chi connectivity index (χ0n) is 14.1. The summed E-state index contributed by atoms with van der Waals surface area (Å²) < 4.78 is 0. The average molecular weight is 345 g/mol. The number of likely N-dealkylation sites (tertiary alicyclic amines) is 2. The standard InChI is InChI=1S/C18H23N3O4/c22-17-10-14(21(24)25)5-6-15(17)18(23)19-9-7-16-12(11-19)2-1-8-20(16)13-3-4-13/h5-6,10,12-13,16,22H,1-4,7-9,11H2/t12-,16-/m0/s1. The Morgan fingerprint density at radius 1 is 1.20 bits per heavy atom. The van der Waals surface area contributed by atoms with E-state index in [-0.39, 0.29) is 22.9 Å². The number of nitro groups is 1. The minimum atomic E-state index is -0.575. The van der Waals surface area contributed by atoms with Crippen LogP contribution < -0.4 is 0 Å². The summed E-state index contributed by atoms with van der Waals surface area (Å²) in [6.07, 6.45) is 5.91. The van der Waals surface area contributed by atoms with Crippen LogP contribution >= 0.6 is 0 Å². The number of hydrogen-bond donors (Lipinski definition) is 1. The van der Waals surface area contributed by atoms with Crippen molar-refractivity contribution in [3.05, 3.63) is 33.9 Å². The van der Waals surface area contributed by atoms with E-state index >= 15 is 0 Å². The SMILES string of the molecule is O=C(c1ccc([N+](=O)[O-])cc1O)N1CC[C@H]2[C@@H](CCCN2C2CC2)C1. The number of nitrogens with zero attached hydrogens (tertiary/aromatic N) is 3. The van der Waals surface area contributed by atoms with Crippen molar-refractivity contribution in [1.82, 2.24) is 9.80 Å². The first-order chi connectivity index (χ1) is 12.0. The van der Waals surface area contributed by atoms with Crippen LogP contribution in [-0.2, 0) is 0 Å². The molecule has 7 nitrogen and oxygen atoms in total. The van der Waals surface area contributed by atoms with Crippen LogP contribution in [0.15, 0.2) is 18.2 Å². The van der Waals surface area contributed by atoms with Gasteiger partial charge in [-0.25, -0.2) is 0 Å². The van der Waals surface area contributed by atoms with Gasteiger partial charge in [0, 0.05) is 31.2 Å². The Hall–Kier alpha value is -2.15. The molecule has 1 amide bonds. The molecule has 4 rings (SSSR count). The molecule has 2 saturated heterocycles. The first-order valence-corrected chi connectivity index (χ1v) is 9.07. The number of hydrogen-bond acceptors (Lipinski definition) is 5. The number of aromatic hydroxyl groups is 1. The largest absolute Gasteiger partial charge is 0.507 e. The second kappa shape index (κ2) is 6.29. The van der Waals surface area contributed by atoms with Gasteiger partial charge in [0.05, 0.1) is 16.6 Å². The van der Waals surface area contributed by atoms with Gasteiger partial charge in [-0.05, 0) is 50.6 Å². The van der Waals surface area contributed by atoms with Crippen molar-refractivity contribution >= 4 is 11.6 Å². The van der Waals surface area contributed by atoms with Gasteiger partial charge in [-0.15, -0.1) is 0 Å². The molecule has 2 aliphatic heterocycles. The van der Waals surface area contributed by atoms with Crippen LogP contribution in [0.25, 0.3) is 0 Å². The number of fused-ring (bicyclic) bond motifs is 1. The number of carbonyl (C=O) groups excluding carboxylic acids is 1. The Bertz CT molecular complexity index is 704. The Balaban J connectivity index is 1.48. The number of carbonyl (C=O) groups is 1. The van der Waals surface area contributed by atoms with Crippen LogP contribution in [-0.4, -0.2) is 57.5 Å². The molecule has 7 heteroatoms. The maximum atomic E-state index is 12.8. The topological polar surface area (TPSA) is 86.9 Å². The monoisotopic (exact) mass is 345 g/mol. The molecule has 2 atom stereocenters. The summed E-state index contributed by atoms with van der Waals surface area (Å²) in [6, 6.07) is 5.02. The van der Waals surface area contributed by atoms with Crippen molar-refractivity contribution in [3.63, 3.8) is 0 Å². The molecule has 134 valence electrons. The second-order valence-electron chi connectivity index (χ2n) is 7.44. The summed E-state index contributed by atoms with van der Waals surface area (Å²) in [5, 5.41) is 20.8. The molecule has 2 heterocycles. The lowest BCUT2D eigenvalue weighted by Crippen LogP contribution is -2.55. The first-order valence-electron chi connectivity index (χ1n) is 9.07. The number of non-ortho nitro benzene ring substituents is 1. The summed E-state index contributed by atoms with van der Waals surface area (Å²) in [5.41, 5.74) is -0.0565. The van der Waals surface area contributed by atoms with Crippen molar-refractivity contribution in [2.24, 2.45) is 5.92 Å². The van der Waals surface area contributed by atoms with E-state index < -0.39 is 4.92 Å². The number of rotatable bonds is 3. The fourth-order valence-electron chi connectivity index (χ4n) is 4.47. The lowest BCUT2D eigenvalue weighted by molar-refractivity contribution is -0.384. The van der Waals surface area contributed by atoms with Crippen LogP contribution in [0.5, 0.6) is 5.75 Å². The van der Waals surface area contributed by atoms with Crippen LogP contribution in [0, 0.1) is 16.0 Å². The van der Waals surface area contributed by atoms with E-state index in [1.54, 1.807) is 4.90 Å². The Morgan fingerprint density at radius 2 is 2.00 bits per heavy atom. The molecule has 1 N–H and O–H groups in total. The third-order valence-electron chi connectivity index (χ3n) is 5.84. The number of phenols is 1. The van der Waals surface area contributed by atoms with Crippen molar-refractivity contribution in [2.45, 2.75) is 44.2 Å². The molecule has 1 saturated carbocycles. The molecule has 3 aliphatic rings. The number of benzene rings is 1. The van der Waals surface area contributed by atoms with Gasteiger partial charge >= 0.3 is 0 Å². The number of amides is 1. The molecule has 1 aliphatic carbocycles. The molecule has 0 bridgehead atoms. The van der Waals surface area contributed by atoms with E-state index in [1.807, 2.05) is 0 Å². The maximum Gasteiger partial charge on any atom is 0.273 e. The summed E-state index contributed by atoms with van der Waals surface area (Å²) in [6.45, 7) is 2.58. The lowest BCUT2D eigenvalue weighted by atomic mass is 9.83. The fourth-order valence-corrected chi connectivity index (χ4v) is 4.47. The molecule has 0 spiro atoms. The summed E-state index contributed by atoms with van der Waals surface area (Å²) in [7, 11) is 0. The highest BCUT2D eigenvalue weighted by Gasteiger charge is 2.42. The smallest absolute Gasteiger partial charge is 0.273 e. The Morgan fingerprint density at radius 3 is 2.68 bits per heavy atom. The van der Waals surface area contributed by atoms with Crippen LogP contribution in [0.2, 0.25) is 0 Å². The van der Waals surface area contributed by atoms with E-state index in [4.69, 9.17) is 0 Å². The van der Waals surface area contributed by atoms with Gasteiger partial charge in [-0.2, -0.15) is 0 Å². The number of phenolic OH excluding ortho intramolecular Hbond substituents is 1. The predicted octanol–water partition coefficient (Wildman–Crippen LogP) is 2.39. The van der Waals surface area contributed by atoms with Gasteiger partial charge < -0.3 is 10.0 Å². The number of piperidine rings is 2. The molecular formula is C18H23N3O4. The normalized spacial score (nSPS) is 27.0. The minimum absolute atomic E-state index is 0.152. The fraction of sp³-hybridized carbons (Fsp3) is 0.611. The van der Waals surface area contributed by atoms with Crippen LogP contribution in [0.1, 0.15) is 42.5 Å². The molecule has 25 heavy (non-hydrogen) atoms. The van der Waals surface area contributed by atoms with E-state index in [9.17, 15) is 20.0 Å². The van der Waals surface area contributed by atoms with Crippen molar-refractivity contribution in [3.8, 4) is 5.75 Å². The van der Waals surface area contributed by atoms with E-state index in [0.717, 1.165) is 24.9 Å². The van der Waals surface area contributed by atoms with Crippen LogP contribution in [0.4, 0.5) is 5.69 Å². The highest BCUT2D eigenvalue weighted by molar-refractivity contribution is 5.97. The minimum Gasteiger partial charge on any atom is -0.507 e. The van der Waals surface area contributed by atoms with Crippen molar-refractivity contribution in [1.29, 1.82) is 0 Å². The molecular weight excluding hydrogens is 322 g/mol. The highest BCUT2D eigenvalue weighted by atomic mass is 16.6. The van der Waals surface area contributed by atoms with Gasteiger partial charge in [0.1, 0.15) is 5.75 Å². The molecule has 3 fully saturated rings. The number of nitro benzene ring substituents is 1. The summed E-state index contributed by atoms with van der Waals surface area (Å²) >= 11 is 0. The zero-order chi connectivity index (χ0) is 17.6. The van der Waals surface area contributed by atoms with E-state index in [2.05, 4.69) is 4.90 Å². The lowest BCUT2D eigenvalue weighted by Gasteiger charge is -2.47. The Labute approximate surface area is 146 Å². The first kappa shape index (κ1) is 16.3. The van der Waals surface area contributed by atoms with Gasteiger partial charge in [0.25, 0.3) is 11.6 Å². The van der Waals surface area contributed by atoms with E-state index in [0.29, 0.717) is 25.0 Å². The average Bonchev–Trinajstić information content (AvgIpc) is 3.45. The van der Waals surface area contributed by atoms with Gasteiger partial charge in [0.15, 0.2) is 0 Å². The third-order valence-corrected chi connectivity index (χ3v) is 5.84. The third kappa shape index (κ3) is 3.08. The quantitative estimate of drug-likeness (QED) is 0.671. The molecule has 1 aromatic rings. The van der Waals surface area contributed by atoms with Crippen molar-refractivity contribution in [2.75, 3.05) is 19.6 Å². The molecule has 0 aromatic heterocycles. The van der Waals surface area contributed by atoms with E-state index in [1.165, 1.54) is 37.9 Å². The second-order valence-corrected chi connectivity index (χ2v) is 7.44. The highest BCUT2D eigenvalue weighted by Crippen LogP contribution is 2.38. The maximum absolute atomic E-state index is 12.8. The summed E-state index contributed by atoms with van der Waals surface area (Å²) in [4.78, 5) is 27.4. The van der Waals surface area contributed by atoms with Gasteiger partial charge in [0.2, 0.25) is 0 Å². The predicted molar refractivity (Wildman–Crippen MR) is 91.5 cm³/mol. The summed E-state index contributed by atoms with van der Waals surface area (Å²) in [5.74, 6) is -0.0498. The van der Waals surface area contributed by atoms with Gasteiger partial charge in [-0.1, -0.05) is 0 Å². The zero-order valence-corrected chi connectivity index (χ0v) is 14.1. The van der Waals surface area contributed by atoms with Crippen LogP contribution in [0.3, 0.4) is 0 Å². The van der Waals surface area contributed by atoms with Gasteiger partial charge in [-0.3, -0.25) is 19.8 Å². The molecule has 0 radical (unpaired) electrons. The molecule has 0 unspecified atom stereocenters. The van der Waals surface area contributed by atoms with Crippen molar-refractivity contribution < 1.29 is 14.8 Å².